The quantitative estimate of drug-likeness (QED) is 0.245. The van der Waals surface area contributed by atoms with E-state index in [2.05, 4.69) is 15.3 Å². The Balaban J connectivity index is 3.00. The molecule has 0 saturated heterocycles. The second-order valence-corrected chi connectivity index (χ2v) is 7.01. The molecule has 1 N–H and O–H groups in total. The summed E-state index contributed by atoms with van der Waals surface area (Å²) in [5, 5.41) is 5.52. The van der Waals surface area contributed by atoms with Crippen molar-refractivity contribution in [2.24, 2.45) is 5.11 Å². The molecule has 0 aromatic carbocycles. The third-order valence-electron chi connectivity index (χ3n) is 3.46. The zero-order chi connectivity index (χ0) is 15.2. The molecule has 0 aromatic heterocycles. The van der Waals surface area contributed by atoms with E-state index in [0.29, 0.717) is 19.3 Å². The van der Waals surface area contributed by atoms with Crippen LogP contribution in [0.15, 0.2) is 5.11 Å². The van der Waals surface area contributed by atoms with Crippen LogP contribution in [-0.4, -0.2) is 51.1 Å². The summed E-state index contributed by atoms with van der Waals surface area (Å²) in [4.78, 5) is 14.9. The fraction of sp³-hybridized carbons (Fsp3) is 0.909. The summed E-state index contributed by atoms with van der Waals surface area (Å²) < 4.78 is 28.9. The van der Waals surface area contributed by atoms with Crippen LogP contribution in [0, 0.1) is 0 Å². The van der Waals surface area contributed by atoms with Gasteiger partial charge in [0.15, 0.2) is 9.84 Å². The Bertz CT molecular complexity index is 501. The van der Waals surface area contributed by atoms with Crippen molar-refractivity contribution in [3.05, 3.63) is 10.4 Å². The minimum atomic E-state index is -3.38. The number of hydrogen-bond acceptors (Lipinski definition) is 6. The molecule has 114 valence electrons. The molecule has 0 spiro atoms. The number of carbonyl (C=O) groups is 1. The highest BCUT2D eigenvalue weighted by atomic mass is 32.2. The SMILES string of the molecule is CCOC(=O)C1(NCCN=[N+]=[N-])CCCC1S(C)(=O)=O. The van der Waals surface area contributed by atoms with Crippen molar-refractivity contribution in [2.75, 3.05) is 26.0 Å². The molecule has 0 aliphatic heterocycles. The molecule has 0 aromatic rings. The van der Waals surface area contributed by atoms with E-state index < -0.39 is 26.6 Å². The highest BCUT2D eigenvalue weighted by Crippen LogP contribution is 2.36. The first-order chi connectivity index (χ1) is 9.38. The summed E-state index contributed by atoms with van der Waals surface area (Å²) in [7, 11) is -3.38. The van der Waals surface area contributed by atoms with E-state index in [1.165, 1.54) is 0 Å². The number of esters is 1. The minimum Gasteiger partial charge on any atom is -0.465 e. The molecule has 1 rings (SSSR count). The van der Waals surface area contributed by atoms with Crippen molar-refractivity contribution in [3.8, 4) is 0 Å². The molecule has 1 fully saturated rings. The van der Waals surface area contributed by atoms with E-state index in [4.69, 9.17) is 10.3 Å². The molecule has 1 saturated carbocycles. The Labute approximate surface area is 118 Å². The van der Waals surface area contributed by atoms with Crippen molar-refractivity contribution in [3.63, 3.8) is 0 Å². The third kappa shape index (κ3) is 3.62. The standard InChI is InChI=1S/C11H20N4O4S/c1-3-19-10(16)11(13-7-8-14-15-12)6-4-5-9(11)20(2,17)18/h9,13H,3-8H2,1-2H3. The molecular weight excluding hydrogens is 284 g/mol. The normalized spacial score (nSPS) is 26.0. The van der Waals surface area contributed by atoms with Crippen LogP contribution in [0.25, 0.3) is 10.4 Å². The van der Waals surface area contributed by atoms with E-state index in [1.54, 1.807) is 6.92 Å². The lowest BCUT2D eigenvalue weighted by Gasteiger charge is -2.33. The monoisotopic (exact) mass is 304 g/mol. The highest BCUT2D eigenvalue weighted by Gasteiger charge is 2.54. The van der Waals surface area contributed by atoms with Gasteiger partial charge in [-0.15, -0.1) is 0 Å². The second-order valence-electron chi connectivity index (χ2n) is 4.78. The molecule has 9 heteroatoms. The van der Waals surface area contributed by atoms with Gasteiger partial charge in [-0.2, -0.15) is 0 Å². The van der Waals surface area contributed by atoms with Crippen molar-refractivity contribution in [1.82, 2.24) is 5.32 Å². The molecule has 20 heavy (non-hydrogen) atoms. The zero-order valence-corrected chi connectivity index (χ0v) is 12.5. The van der Waals surface area contributed by atoms with Crippen LogP contribution in [0.4, 0.5) is 0 Å². The largest absolute Gasteiger partial charge is 0.465 e. The number of azide groups is 1. The lowest BCUT2D eigenvalue weighted by Crippen LogP contribution is -2.60. The Hall–Kier alpha value is -1.31. The maximum Gasteiger partial charge on any atom is 0.327 e. The average Bonchev–Trinajstić information content (AvgIpc) is 2.80. The van der Waals surface area contributed by atoms with Gasteiger partial charge in [0.1, 0.15) is 5.54 Å². The number of rotatable bonds is 7. The summed E-state index contributed by atoms with van der Waals surface area (Å²) in [5.41, 5.74) is 7.01. The maximum absolute atomic E-state index is 12.2. The second kappa shape index (κ2) is 6.92. The molecule has 2 atom stereocenters. The lowest BCUT2D eigenvalue weighted by atomic mass is 9.97. The molecule has 0 bridgehead atoms. The van der Waals surface area contributed by atoms with Crippen LogP contribution in [0.5, 0.6) is 0 Å². The van der Waals surface area contributed by atoms with E-state index in [1.807, 2.05) is 0 Å². The Morgan fingerprint density at radius 3 is 2.85 bits per heavy atom. The van der Waals surface area contributed by atoms with Crippen molar-refractivity contribution < 1.29 is 17.9 Å². The average molecular weight is 304 g/mol. The number of nitrogens with zero attached hydrogens (tertiary/aromatic N) is 3. The van der Waals surface area contributed by atoms with Gasteiger partial charge >= 0.3 is 5.97 Å². The minimum absolute atomic E-state index is 0.147. The van der Waals surface area contributed by atoms with Crippen molar-refractivity contribution in [1.29, 1.82) is 0 Å². The van der Waals surface area contributed by atoms with E-state index in [0.717, 1.165) is 6.26 Å². The molecule has 8 nitrogen and oxygen atoms in total. The van der Waals surface area contributed by atoms with Crippen LogP contribution < -0.4 is 5.32 Å². The fourth-order valence-corrected chi connectivity index (χ4v) is 4.32. The van der Waals surface area contributed by atoms with Crippen LogP contribution in [-0.2, 0) is 19.4 Å². The van der Waals surface area contributed by atoms with Gasteiger partial charge in [-0.3, -0.25) is 4.79 Å². The zero-order valence-electron chi connectivity index (χ0n) is 11.7. The highest BCUT2D eigenvalue weighted by molar-refractivity contribution is 7.91. The van der Waals surface area contributed by atoms with Crippen LogP contribution in [0.1, 0.15) is 26.2 Å². The molecule has 2 unspecified atom stereocenters. The van der Waals surface area contributed by atoms with Crippen LogP contribution in [0.3, 0.4) is 0 Å². The Morgan fingerprint density at radius 1 is 1.60 bits per heavy atom. The van der Waals surface area contributed by atoms with Gasteiger partial charge in [0.05, 0.1) is 11.9 Å². The van der Waals surface area contributed by atoms with Gasteiger partial charge in [0.2, 0.25) is 0 Å². The predicted molar refractivity (Wildman–Crippen MR) is 73.9 cm³/mol. The van der Waals surface area contributed by atoms with Gasteiger partial charge in [-0.05, 0) is 31.7 Å². The first kappa shape index (κ1) is 16.7. The summed E-state index contributed by atoms with van der Waals surface area (Å²) in [5.74, 6) is -0.547. The van der Waals surface area contributed by atoms with Gasteiger partial charge in [-0.25, -0.2) is 8.42 Å². The smallest absolute Gasteiger partial charge is 0.327 e. The topological polar surface area (TPSA) is 121 Å². The molecular formula is C11H20N4O4S. The molecule has 1 aliphatic carbocycles. The maximum atomic E-state index is 12.2. The van der Waals surface area contributed by atoms with Crippen molar-refractivity contribution >= 4 is 15.8 Å². The lowest BCUT2D eigenvalue weighted by molar-refractivity contribution is -0.150. The van der Waals surface area contributed by atoms with E-state index in [9.17, 15) is 13.2 Å². The van der Waals surface area contributed by atoms with Gasteiger partial charge in [0.25, 0.3) is 0 Å². The van der Waals surface area contributed by atoms with Crippen molar-refractivity contribution in [2.45, 2.75) is 37.0 Å². The number of sulfone groups is 1. The number of ether oxygens (including phenoxy) is 1. The summed E-state index contributed by atoms with van der Waals surface area (Å²) in [6, 6.07) is 0. The number of nitrogens with one attached hydrogen (secondary N) is 1. The van der Waals surface area contributed by atoms with E-state index >= 15 is 0 Å². The first-order valence-corrected chi connectivity index (χ1v) is 8.46. The Kier molecular flexibility index (Phi) is 5.79. The molecule has 0 radical (unpaired) electrons. The number of hydrogen-bond donors (Lipinski definition) is 1. The van der Waals surface area contributed by atoms with Crippen LogP contribution in [0.2, 0.25) is 0 Å². The molecule has 0 amide bonds. The number of carbonyl (C=O) groups excluding carboxylic acids is 1. The third-order valence-corrected chi connectivity index (χ3v) is 5.13. The summed E-state index contributed by atoms with van der Waals surface area (Å²) in [6.45, 7) is 2.24. The Morgan fingerprint density at radius 2 is 2.30 bits per heavy atom. The summed E-state index contributed by atoms with van der Waals surface area (Å²) >= 11 is 0. The van der Waals surface area contributed by atoms with E-state index in [-0.39, 0.29) is 19.7 Å². The van der Waals surface area contributed by atoms with Crippen LogP contribution >= 0.6 is 0 Å². The van der Waals surface area contributed by atoms with Gasteiger partial charge in [0, 0.05) is 24.3 Å². The summed E-state index contributed by atoms with van der Waals surface area (Å²) in [6.07, 6.45) is 2.59. The predicted octanol–water partition coefficient (Wildman–Crippen LogP) is 0.785. The fourth-order valence-electron chi connectivity index (χ4n) is 2.69. The first-order valence-electron chi connectivity index (χ1n) is 6.50. The molecule has 0 heterocycles. The van der Waals surface area contributed by atoms with Gasteiger partial charge < -0.3 is 10.1 Å². The molecule has 1 aliphatic rings. The van der Waals surface area contributed by atoms with Gasteiger partial charge in [-0.1, -0.05) is 5.11 Å².